The largest absolute Gasteiger partial charge is 0.378 e. The summed E-state index contributed by atoms with van der Waals surface area (Å²) >= 11 is 0. The molecule has 1 atom stereocenters. The number of unbranched alkanes of at least 4 members (excludes halogenated alkanes) is 1. The van der Waals surface area contributed by atoms with Crippen LogP contribution in [-0.2, 0) is 11.3 Å². The van der Waals surface area contributed by atoms with E-state index in [1.54, 1.807) is 7.11 Å². The summed E-state index contributed by atoms with van der Waals surface area (Å²) in [6.45, 7) is 10.1. The first-order valence-corrected chi connectivity index (χ1v) is 7.59. The Morgan fingerprint density at radius 3 is 2.80 bits per heavy atom. The van der Waals surface area contributed by atoms with Crippen LogP contribution in [0.4, 0.5) is 5.95 Å². The highest BCUT2D eigenvalue weighted by Gasteiger charge is 2.14. The summed E-state index contributed by atoms with van der Waals surface area (Å²) in [5.74, 6) is 0.956. The molecule has 0 saturated carbocycles. The number of methoxy groups -OCH3 is 1. The van der Waals surface area contributed by atoms with Crippen LogP contribution in [-0.4, -0.2) is 54.3 Å². The molecule has 0 radical (unpaired) electrons. The zero-order chi connectivity index (χ0) is 15.0. The molecular formula is C15H30N4O. The molecule has 0 spiro atoms. The van der Waals surface area contributed by atoms with Crippen molar-refractivity contribution in [2.24, 2.45) is 0 Å². The van der Waals surface area contributed by atoms with Gasteiger partial charge in [-0.15, -0.1) is 0 Å². The molecule has 5 nitrogen and oxygen atoms in total. The summed E-state index contributed by atoms with van der Waals surface area (Å²) in [5.41, 5.74) is 1.04. The van der Waals surface area contributed by atoms with Gasteiger partial charge in [-0.1, -0.05) is 20.3 Å². The van der Waals surface area contributed by atoms with Gasteiger partial charge in [0.2, 0.25) is 5.95 Å². The highest BCUT2D eigenvalue weighted by molar-refractivity contribution is 5.28. The third-order valence-corrected chi connectivity index (χ3v) is 3.50. The summed E-state index contributed by atoms with van der Waals surface area (Å²) in [5, 5.41) is 3.41. The van der Waals surface area contributed by atoms with E-state index >= 15 is 0 Å². The molecular weight excluding hydrogens is 252 g/mol. The Morgan fingerprint density at radius 2 is 2.20 bits per heavy atom. The van der Waals surface area contributed by atoms with Gasteiger partial charge < -0.3 is 19.5 Å². The number of aromatic nitrogens is 2. The second-order valence-electron chi connectivity index (χ2n) is 5.35. The van der Waals surface area contributed by atoms with E-state index in [9.17, 15) is 0 Å². The van der Waals surface area contributed by atoms with Gasteiger partial charge in [-0.2, -0.15) is 0 Å². The molecule has 0 amide bonds. The predicted molar refractivity (Wildman–Crippen MR) is 84.3 cm³/mol. The van der Waals surface area contributed by atoms with Crippen LogP contribution in [0, 0.1) is 6.92 Å². The minimum atomic E-state index is 0.181. The molecule has 20 heavy (non-hydrogen) atoms. The van der Waals surface area contributed by atoms with Crippen LogP contribution in [0.1, 0.15) is 32.4 Å². The zero-order valence-corrected chi connectivity index (χ0v) is 13.6. The Bertz CT molecular complexity index is 378. The lowest BCUT2D eigenvalue weighted by molar-refractivity contribution is 0.0607. The van der Waals surface area contributed by atoms with E-state index in [0.717, 1.165) is 44.2 Å². The molecule has 116 valence electrons. The van der Waals surface area contributed by atoms with Gasteiger partial charge >= 0.3 is 0 Å². The van der Waals surface area contributed by atoms with E-state index in [-0.39, 0.29) is 6.10 Å². The average molecular weight is 282 g/mol. The minimum Gasteiger partial charge on any atom is -0.378 e. The number of nitrogens with one attached hydrogen (secondary N) is 1. The quantitative estimate of drug-likeness (QED) is 0.669. The molecule has 1 N–H and O–H groups in total. The maximum Gasteiger partial charge on any atom is 0.203 e. The molecule has 1 aromatic rings. The highest BCUT2D eigenvalue weighted by Crippen LogP contribution is 2.11. The van der Waals surface area contributed by atoms with Crippen LogP contribution in [0.15, 0.2) is 6.20 Å². The number of ether oxygens (including phenoxy) is 1. The van der Waals surface area contributed by atoms with Crippen molar-refractivity contribution in [1.29, 1.82) is 0 Å². The van der Waals surface area contributed by atoms with Crippen molar-refractivity contribution < 1.29 is 4.74 Å². The molecule has 1 heterocycles. The smallest absolute Gasteiger partial charge is 0.203 e. The molecule has 1 unspecified atom stereocenters. The van der Waals surface area contributed by atoms with Crippen molar-refractivity contribution in [3.8, 4) is 0 Å². The Hall–Kier alpha value is -1.07. The molecule has 1 rings (SSSR count). The van der Waals surface area contributed by atoms with E-state index in [4.69, 9.17) is 4.74 Å². The third-order valence-electron chi connectivity index (χ3n) is 3.50. The lowest BCUT2D eigenvalue weighted by Gasteiger charge is -2.23. The Morgan fingerprint density at radius 1 is 1.45 bits per heavy atom. The number of hydrogen-bond donors (Lipinski definition) is 1. The lowest BCUT2D eigenvalue weighted by atomic mass is 10.3. The molecule has 0 aromatic carbocycles. The van der Waals surface area contributed by atoms with Crippen molar-refractivity contribution in [3.63, 3.8) is 0 Å². The normalized spacial score (nSPS) is 12.9. The van der Waals surface area contributed by atoms with E-state index in [2.05, 4.69) is 46.9 Å². The van der Waals surface area contributed by atoms with Crippen LogP contribution in [0.2, 0.25) is 0 Å². The molecule has 0 aliphatic carbocycles. The van der Waals surface area contributed by atoms with Crippen LogP contribution < -0.4 is 5.32 Å². The minimum absolute atomic E-state index is 0.181. The first-order valence-electron chi connectivity index (χ1n) is 7.59. The number of hydrogen-bond acceptors (Lipinski definition) is 4. The molecule has 1 aromatic heterocycles. The second-order valence-corrected chi connectivity index (χ2v) is 5.35. The van der Waals surface area contributed by atoms with Gasteiger partial charge in [0.15, 0.2) is 0 Å². The van der Waals surface area contributed by atoms with Crippen molar-refractivity contribution in [2.75, 3.05) is 39.1 Å². The number of aryl methyl sites for hydroxylation is 1. The molecule has 0 aliphatic rings. The van der Waals surface area contributed by atoms with Gasteiger partial charge in [-0.25, -0.2) is 4.98 Å². The van der Waals surface area contributed by atoms with Crippen LogP contribution in [0.5, 0.6) is 0 Å². The van der Waals surface area contributed by atoms with Crippen molar-refractivity contribution >= 4 is 5.95 Å². The van der Waals surface area contributed by atoms with Gasteiger partial charge in [0, 0.05) is 26.4 Å². The van der Waals surface area contributed by atoms with Crippen LogP contribution in [0.3, 0.4) is 0 Å². The molecule has 0 aliphatic heterocycles. The maximum absolute atomic E-state index is 5.60. The SMILES string of the molecule is CCCCNc1nc(C)cn1CC(CN(C)CC)OC. The summed E-state index contributed by atoms with van der Waals surface area (Å²) in [6.07, 6.45) is 4.62. The summed E-state index contributed by atoms with van der Waals surface area (Å²) in [4.78, 5) is 6.82. The fourth-order valence-corrected chi connectivity index (χ4v) is 2.11. The van der Waals surface area contributed by atoms with Crippen LogP contribution in [0.25, 0.3) is 0 Å². The molecule has 0 bridgehead atoms. The predicted octanol–water partition coefficient (Wildman–Crippen LogP) is 2.37. The van der Waals surface area contributed by atoms with Crippen molar-refractivity contribution in [3.05, 3.63) is 11.9 Å². The van der Waals surface area contributed by atoms with Gasteiger partial charge in [0.1, 0.15) is 0 Å². The third kappa shape index (κ3) is 5.51. The highest BCUT2D eigenvalue weighted by atomic mass is 16.5. The van der Waals surface area contributed by atoms with E-state index in [1.807, 2.05) is 6.92 Å². The first kappa shape index (κ1) is 17.0. The zero-order valence-electron chi connectivity index (χ0n) is 13.6. The maximum atomic E-state index is 5.60. The number of likely N-dealkylation sites (N-methyl/N-ethyl adjacent to an activating group) is 1. The number of imidazole rings is 1. The van der Waals surface area contributed by atoms with E-state index < -0.39 is 0 Å². The van der Waals surface area contributed by atoms with Crippen LogP contribution >= 0.6 is 0 Å². The van der Waals surface area contributed by atoms with Crippen molar-refractivity contribution in [1.82, 2.24) is 14.5 Å². The van der Waals surface area contributed by atoms with Gasteiger partial charge in [-0.3, -0.25) is 0 Å². The Labute approximate surface area is 123 Å². The molecule has 0 saturated heterocycles. The Kier molecular flexibility index (Phi) is 7.62. The van der Waals surface area contributed by atoms with Gasteiger partial charge in [0.25, 0.3) is 0 Å². The van der Waals surface area contributed by atoms with Gasteiger partial charge in [-0.05, 0) is 26.9 Å². The summed E-state index contributed by atoms with van der Waals surface area (Å²) in [7, 11) is 3.90. The summed E-state index contributed by atoms with van der Waals surface area (Å²) in [6, 6.07) is 0. The first-order chi connectivity index (χ1) is 9.60. The topological polar surface area (TPSA) is 42.3 Å². The van der Waals surface area contributed by atoms with E-state index in [1.165, 1.54) is 6.42 Å². The fourth-order valence-electron chi connectivity index (χ4n) is 2.11. The van der Waals surface area contributed by atoms with Crippen molar-refractivity contribution in [2.45, 2.75) is 46.3 Å². The fraction of sp³-hybridized carbons (Fsp3) is 0.800. The number of nitrogens with zero attached hydrogens (tertiary/aromatic N) is 3. The van der Waals surface area contributed by atoms with Gasteiger partial charge in [0.05, 0.1) is 18.3 Å². The second kappa shape index (κ2) is 8.97. The molecule has 0 fully saturated rings. The standard InChI is InChI=1S/C15H30N4O/c1-6-8-9-16-15-17-13(3)10-19(15)12-14(20-5)11-18(4)7-2/h10,14H,6-9,11-12H2,1-5H3,(H,16,17). The number of anilines is 1. The molecule has 5 heteroatoms. The monoisotopic (exact) mass is 282 g/mol. The lowest BCUT2D eigenvalue weighted by Crippen LogP contribution is -2.33. The average Bonchev–Trinajstić information content (AvgIpc) is 2.78. The van der Waals surface area contributed by atoms with E-state index in [0.29, 0.717) is 0 Å². The number of rotatable bonds is 10. The Balaban J connectivity index is 2.64. The summed E-state index contributed by atoms with van der Waals surface area (Å²) < 4.78 is 7.77.